The molecule has 0 aliphatic heterocycles. The van der Waals surface area contributed by atoms with Crippen LogP contribution in [0.1, 0.15) is 13.8 Å². The lowest BCUT2D eigenvalue weighted by Gasteiger charge is -2.20. The standard InChI is InChI=1S/C14H15ClN2O/c1-14(2,9-15)13(18)17-12-5-3-4-10-6-7-16-8-11(10)12/h3-8H,9H2,1-2H3,(H,17,18). The van der Waals surface area contributed by atoms with Gasteiger partial charge < -0.3 is 5.32 Å². The van der Waals surface area contributed by atoms with E-state index in [1.54, 1.807) is 12.4 Å². The van der Waals surface area contributed by atoms with Gasteiger partial charge in [0.2, 0.25) is 5.91 Å². The zero-order valence-corrected chi connectivity index (χ0v) is 11.2. The Labute approximate surface area is 111 Å². The van der Waals surface area contributed by atoms with E-state index in [4.69, 9.17) is 11.6 Å². The van der Waals surface area contributed by atoms with Gasteiger partial charge in [0.05, 0.1) is 11.1 Å². The summed E-state index contributed by atoms with van der Waals surface area (Å²) in [4.78, 5) is 16.2. The Morgan fingerprint density at radius 3 is 2.89 bits per heavy atom. The summed E-state index contributed by atoms with van der Waals surface area (Å²) in [7, 11) is 0. The molecule has 94 valence electrons. The third-order valence-corrected chi connectivity index (χ3v) is 3.55. The highest BCUT2D eigenvalue weighted by Crippen LogP contribution is 2.25. The maximum absolute atomic E-state index is 12.1. The minimum Gasteiger partial charge on any atom is -0.325 e. The molecule has 1 aromatic heterocycles. The Kier molecular flexibility index (Phi) is 3.53. The zero-order chi connectivity index (χ0) is 13.2. The average Bonchev–Trinajstić information content (AvgIpc) is 2.39. The van der Waals surface area contributed by atoms with Crippen molar-refractivity contribution in [2.75, 3.05) is 11.2 Å². The molecule has 4 heteroatoms. The molecular weight excluding hydrogens is 248 g/mol. The van der Waals surface area contributed by atoms with Gasteiger partial charge in [0.25, 0.3) is 0 Å². The van der Waals surface area contributed by atoms with Gasteiger partial charge in [-0.2, -0.15) is 0 Å². The summed E-state index contributed by atoms with van der Waals surface area (Å²) in [5, 5.41) is 4.89. The first-order valence-electron chi connectivity index (χ1n) is 5.75. The molecule has 0 fully saturated rings. The molecule has 2 aromatic rings. The Morgan fingerprint density at radius 1 is 1.39 bits per heavy atom. The number of anilines is 1. The number of fused-ring (bicyclic) bond motifs is 1. The number of aromatic nitrogens is 1. The van der Waals surface area contributed by atoms with Crippen LogP contribution < -0.4 is 5.32 Å². The first-order valence-corrected chi connectivity index (χ1v) is 6.28. The zero-order valence-electron chi connectivity index (χ0n) is 10.4. The summed E-state index contributed by atoms with van der Waals surface area (Å²) >= 11 is 5.80. The van der Waals surface area contributed by atoms with Crippen molar-refractivity contribution in [2.24, 2.45) is 5.41 Å². The molecule has 1 N–H and O–H groups in total. The van der Waals surface area contributed by atoms with Crippen molar-refractivity contribution >= 4 is 34.0 Å². The number of hydrogen-bond acceptors (Lipinski definition) is 2. The third kappa shape index (κ3) is 2.46. The monoisotopic (exact) mass is 262 g/mol. The number of pyridine rings is 1. The smallest absolute Gasteiger partial charge is 0.231 e. The largest absolute Gasteiger partial charge is 0.325 e. The predicted molar refractivity (Wildman–Crippen MR) is 74.9 cm³/mol. The fourth-order valence-electron chi connectivity index (χ4n) is 1.57. The summed E-state index contributed by atoms with van der Waals surface area (Å²) < 4.78 is 0. The summed E-state index contributed by atoms with van der Waals surface area (Å²) in [5.41, 5.74) is 0.176. The van der Waals surface area contributed by atoms with Gasteiger partial charge in [-0.15, -0.1) is 11.6 Å². The van der Waals surface area contributed by atoms with Crippen molar-refractivity contribution < 1.29 is 4.79 Å². The molecule has 0 atom stereocenters. The summed E-state index contributed by atoms with van der Waals surface area (Å²) in [6.07, 6.45) is 3.48. The highest BCUT2D eigenvalue weighted by atomic mass is 35.5. The molecule has 0 spiro atoms. The second kappa shape index (κ2) is 4.94. The van der Waals surface area contributed by atoms with E-state index in [0.29, 0.717) is 0 Å². The van der Waals surface area contributed by atoms with Crippen molar-refractivity contribution in [1.82, 2.24) is 4.98 Å². The molecule has 0 bridgehead atoms. The van der Waals surface area contributed by atoms with Gasteiger partial charge in [0, 0.05) is 23.7 Å². The number of carbonyl (C=O) groups is 1. The number of hydrogen-bond donors (Lipinski definition) is 1. The first-order chi connectivity index (χ1) is 8.54. The van der Waals surface area contributed by atoms with Crippen molar-refractivity contribution in [3.8, 4) is 0 Å². The predicted octanol–water partition coefficient (Wildman–Crippen LogP) is 3.44. The molecule has 1 heterocycles. The van der Waals surface area contributed by atoms with Crippen LogP contribution in [0.15, 0.2) is 36.7 Å². The summed E-state index contributed by atoms with van der Waals surface area (Å²) in [5.74, 6) is 0.191. The molecule has 0 aliphatic carbocycles. The molecule has 0 radical (unpaired) electrons. The number of amides is 1. The van der Waals surface area contributed by atoms with Gasteiger partial charge >= 0.3 is 0 Å². The van der Waals surface area contributed by atoms with Gasteiger partial charge in [-0.3, -0.25) is 9.78 Å². The van der Waals surface area contributed by atoms with Gasteiger partial charge in [0.15, 0.2) is 0 Å². The summed E-state index contributed by atoms with van der Waals surface area (Å²) in [6, 6.07) is 7.68. The number of rotatable bonds is 3. The highest BCUT2D eigenvalue weighted by molar-refractivity contribution is 6.20. The normalized spacial score (nSPS) is 11.5. The second-order valence-electron chi connectivity index (χ2n) is 4.87. The maximum atomic E-state index is 12.1. The molecule has 0 unspecified atom stereocenters. The van der Waals surface area contributed by atoms with Crippen LogP contribution in [0.5, 0.6) is 0 Å². The molecule has 18 heavy (non-hydrogen) atoms. The Bertz CT molecular complexity index is 576. The van der Waals surface area contributed by atoms with Crippen LogP contribution in [0, 0.1) is 5.41 Å². The highest BCUT2D eigenvalue weighted by Gasteiger charge is 2.26. The van der Waals surface area contributed by atoms with Crippen molar-refractivity contribution in [2.45, 2.75) is 13.8 Å². The van der Waals surface area contributed by atoms with Crippen molar-refractivity contribution in [3.63, 3.8) is 0 Å². The lowest BCUT2D eigenvalue weighted by Crippen LogP contribution is -2.32. The van der Waals surface area contributed by atoms with Crippen LogP contribution in [-0.2, 0) is 4.79 Å². The van der Waals surface area contributed by atoms with E-state index >= 15 is 0 Å². The number of halogens is 1. The summed E-state index contributed by atoms with van der Waals surface area (Å²) in [6.45, 7) is 3.64. The minimum atomic E-state index is -0.591. The van der Waals surface area contributed by atoms with E-state index in [-0.39, 0.29) is 11.8 Å². The van der Waals surface area contributed by atoms with Crippen LogP contribution in [-0.4, -0.2) is 16.8 Å². The third-order valence-electron chi connectivity index (χ3n) is 2.88. The van der Waals surface area contributed by atoms with Crippen LogP contribution in [0.2, 0.25) is 0 Å². The van der Waals surface area contributed by atoms with Crippen molar-refractivity contribution in [1.29, 1.82) is 0 Å². The number of nitrogens with one attached hydrogen (secondary N) is 1. The van der Waals surface area contributed by atoms with E-state index in [1.165, 1.54) is 0 Å². The SMILES string of the molecule is CC(C)(CCl)C(=O)Nc1cccc2ccncc12. The fraction of sp³-hybridized carbons (Fsp3) is 0.286. The Hall–Kier alpha value is -1.61. The number of nitrogens with zero attached hydrogens (tertiary/aromatic N) is 1. The lowest BCUT2D eigenvalue weighted by molar-refractivity contribution is -0.122. The molecule has 1 amide bonds. The molecule has 1 aromatic carbocycles. The molecule has 0 saturated carbocycles. The van der Waals surface area contributed by atoms with Gasteiger partial charge in [-0.05, 0) is 31.4 Å². The minimum absolute atomic E-state index is 0.0890. The van der Waals surface area contributed by atoms with Crippen LogP contribution in [0.25, 0.3) is 10.8 Å². The topological polar surface area (TPSA) is 42.0 Å². The Balaban J connectivity index is 2.36. The molecular formula is C14H15ClN2O. The van der Waals surface area contributed by atoms with Gasteiger partial charge in [0.1, 0.15) is 0 Å². The quantitative estimate of drug-likeness (QED) is 0.861. The number of benzene rings is 1. The molecule has 0 saturated heterocycles. The molecule has 0 aliphatic rings. The fourth-order valence-corrected chi connectivity index (χ4v) is 1.70. The molecule has 2 rings (SSSR count). The maximum Gasteiger partial charge on any atom is 0.231 e. The Morgan fingerprint density at radius 2 is 2.17 bits per heavy atom. The van der Waals surface area contributed by atoms with Crippen molar-refractivity contribution in [3.05, 3.63) is 36.7 Å². The van der Waals surface area contributed by atoms with E-state index < -0.39 is 5.41 Å². The average molecular weight is 263 g/mol. The van der Waals surface area contributed by atoms with Crippen LogP contribution >= 0.6 is 11.6 Å². The van der Waals surface area contributed by atoms with E-state index in [1.807, 2.05) is 38.1 Å². The van der Waals surface area contributed by atoms with Crippen LogP contribution in [0.3, 0.4) is 0 Å². The molecule has 3 nitrogen and oxygen atoms in total. The van der Waals surface area contributed by atoms with Gasteiger partial charge in [-0.1, -0.05) is 12.1 Å². The van der Waals surface area contributed by atoms with E-state index in [2.05, 4.69) is 10.3 Å². The van der Waals surface area contributed by atoms with E-state index in [0.717, 1.165) is 16.5 Å². The van der Waals surface area contributed by atoms with E-state index in [9.17, 15) is 4.79 Å². The second-order valence-corrected chi connectivity index (χ2v) is 5.14. The lowest BCUT2D eigenvalue weighted by atomic mass is 9.95. The van der Waals surface area contributed by atoms with Crippen LogP contribution in [0.4, 0.5) is 5.69 Å². The number of carbonyl (C=O) groups excluding carboxylic acids is 1. The first kappa shape index (κ1) is 12.8. The number of alkyl halides is 1. The van der Waals surface area contributed by atoms with Gasteiger partial charge in [-0.25, -0.2) is 0 Å².